The van der Waals surface area contributed by atoms with Gasteiger partial charge in [0.25, 0.3) is 0 Å². The zero-order valence-corrected chi connectivity index (χ0v) is 10.3. The number of aromatic nitrogens is 2. The fourth-order valence-electron chi connectivity index (χ4n) is 2.14. The first-order valence-corrected chi connectivity index (χ1v) is 5.75. The quantitative estimate of drug-likeness (QED) is 0.745. The molecule has 0 aliphatic rings. The number of hydrogen-bond acceptors (Lipinski definition) is 2. The standard InChI is InChI=1S/C13H9F3N2O2/c1-7-5-6-10(20-7)18-11-8(13(14,15)16)3-2-4-9(11)17-12(18)19/h2-6H,1H3,(H,17,19). The highest BCUT2D eigenvalue weighted by Gasteiger charge is 2.34. The van der Waals surface area contributed by atoms with E-state index in [1.807, 2.05) is 0 Å². The fraction of sp³-hybridized carbons (Fsp3) is 0.154. The van der Waals surface area contributed by atoms with Gasteiger partial charge < -0.3 is 9.40 Å². The molecule has 0 amide bonds. The van der Waals surface area contributed by atoms with Crippen LogP contribution in [0.25, 0.3) is 16.9 Å². The van der Waals surface area contributed by atoms with Crippen LogP contribution in [-0.4, -0.2) is 9.55 Å². The number of furan rings is 1. The molecule has 4 nitrogen and oxygen atoms in total. The number of aryl methyl sites for hydroxylation is 1. The van der Waals surface area contributed by atoms with E-state index in [4.69, 9.17) is 4.42 Å². The summed E-state index contributed by atoms with van der Waals surface area (Å²) < 4.78 is 45.4. The zero-order valence-electron chi connectivity index (χ0n) is 10.3. The molecule has 20 heavy (non-hydrogen) atoms. The van der Waals surface area contributed by atoms with Gasteiger partial charge in [0, 0.05) is 6.07 Å². The summed E-state index contributed by atoms with van der Waals surface area (Å²) in [4.78, 5) is 14.3. The highest BCUT2D eigenvalue weighted by Crippen LogP contribution is 2.34. The van der Waals surface area contributed by atoms with Crippen molar-refractivity contribution in [3.05, 3.63) is 52.1 Å². The normalized spacial score (nSPS) is 12.2. The van der Waals surface area contributed by atoms with Gasteiger partial charge in [-0.05, 0) is 25.1 Å². The summed E-state index contributed by atoms with van der Waals surface area (Å²) >= 11 is 0. The topological polar surface area (TPSA) is 50.9 Å². The molecule has 0 aliphatic heterocycles. The van der Waals surface area contributed by atoms with Gasteiger partial charge in [-0.15, -0.1) is 0 Å². The predicted octanol–water partition coefficient (Wildman–Crippen LogP) is 3.24. The molecule has 0 saturated heterocycles. The second-order valence-electron chi connectivity index (χ2n) is 4.35. The number of nitrogens with one attached hydrogen (secondary N) is 1. The van der Waals surface area contributed by atoms with E-state index in [1.165, 1.54) is 18.2 Å². The Morgan fingerprint density at radius 3 is 2.55 bits per heavy atom. The van der Waals surface area contributed by atoms with Gasteiger partial charge in [-0.1, -0.05) is 6.07 Å². The van der Waals surface area contributed by atoms with Crippen molar-refractivity contribution in [2.75, 3.05) is 0 Å². The van der Waals surface area contributed by atoms with Gasteiger partial charge in [-0.3, -0.25) is 0 Å². The average molecular weight is 282 g/mol. The molecule has 104 valence electrons. The van der Waals surface area contributed by atoms with Gasteiger partial charge in [-0.2, -0.15) is 13.2 Å². The molecular formula is C13H9F3N2O2. The minimum atomic E-state index is -4.56. The summed E-state index contributed by atoms with van der Waals surface area (Å²) in [6.45, 7) is 1.65. The van der Waals surface area contributed by atoms with Crippen molar-refractivity contribution in [2.24, 2.45) is 0 Å². The number of rotatable bonds is 1. The molecule has 0 unspecified atom stereocenters. The van der Waals surface area contributed by atoms with Crippen LogP contribution in [0.2, 0.25) is 0 Å². The second kappa shape index (κ2) is 4.03. The molecule has 0 aliphatic carbocycles. The molecule has 3 aromatic rings. The third kappa shape index (κ3) is 1.82. The van der Waals surface area contributed by atoms with E-state index >= 15 is 0 Å². The summed E-state index contributed by atoms with van der Waals surface area (Å²) in [7, 11) is 0. The molecule has 1 aromatic carbocycles. The molecular weight excluding hydrogens is 273 g/mol. The van der Waals surface area contributed by atoms with Crippen LogP contribution in [0, 0.1) is 6.92 Å². The Balaban J connectivity index is 2.43. The van der Waals surface area contributed by atoms with Gasteiger partial charge >= 0.3 is 11.9 Å². The third-order valence-corrected chi connectivity index (χ3v) is 2.96. The van der Waals surface area contributed by atoms with Gasteiger partial charge in [0.15, 0.2) is 0 Å². The number of H-pyrrole nitrogens is 1. The van der Waals surface area contributed by atoms with Crippen molar-refractivity contribution in [1.29, 1.82) is 0 Å². The summed E-state index contributed by atoms with van der Waals surface area (Å²) in [6, 6.07) is 6.63. The van der Waals surface area contributed by atoms with Crippen LogP contribution in [0.4, 0.5) is 13.2 Å². The van der Waals surface area contributed by atoms with Crippen molar-refractivity contribution < 1.29 is 17.6 Å². The van der Waals surface area contributed by atoms with Crippen LogP contribution in [0.5, 0.6) is 0 Å². The lowest BCUT2D eigenvalue weighted by molar-refractivity contribution is -0.136. The number of nitrogens with zero attached hydrogens (tertiary/aromatic N) is 1. The zero-order chi connectivity index (χ0) is 14.5. The number of alkyl halides is 3. The van der Waals surface area contributed by atoms with Crippen molar-refractivity contribution in [2.45, 2.75) is 13.1 Å². The summed E-state index contributed by atoms with van der Waals surface area (Å²) in [6.07, 6.45) is -4.56. The Kier molecular flexibility index (Phi) is 2.53. The SMILES string of the molecule is Cc1ccc(-n2c(=O)[nH]c3cccc(C(F)(F)F)c32)o1. The molecule has 0 atom stereocenters. The number of aromatic amines is 1. The smallest absolute Gasteiger partial charge is 0.418 e. The van der Waals surface area contributed by atoms with Gasteiger partial charge in [0.2, 0.25) is 5.88 Å². The van der Waals surface area contributed by atoms with Crippen molar-refractivity contribution >= 4 is 11.0 Å². The first-order chi connectivity index (χ1) is 9.38. The number of halogens is 3. The van der Waals surface area contributed by atoms with Crippen molar-refractivity contribution in [3.63, 3.8) is 0 Å². The largest absolute Gasteiger partial charge is 0.445 e. The number of para-hydroxylation sites is 1. The highest BCUT2D eigenvalue weighted by atomic mass is 19.4. The minimum Gasteiger partial charge on any atom is -0.445 e. The summed E-state index contributed by atoms with van der Waals surface area (Å²) in [5.74, 6) is 0.557. The molecule has 2 aromatic heterocycles. The maximum atomic E-state index is 13.1. The van der Waals surface area contributed by atoms with E-state index in [0.29, 0.717) is 5.76 Å². The number of imidazole rings is 1. The van der Waals surface area contributed by atoms with E-state index in [1.54, 1.807) is 13.0 Å². The Hall–Kier alpha value is -2.44. The molecule has 7 heteroatoms. The lowest BCUT2D eigenvalue weighted by atomic mass is 10.2. The van der Waals surface area contributed by atoms with Crippen LogP contribution in [0.15, 0.2) is 39.5 Å². The molecule has 2 heterocycles. The molecule has 0 spiro atoms. The van der Waals surface area contributed by atoms with Crippen LogP contribution < -0.4 is 5.69 Å². The van der Waals surface area contributed by atoms with Crippen LogP contribution in [0.3, 0.4) is 0 Å². The minimum absolute atomic E-state index is 0.0513. The average Bonchev–Trinajstić information content (AvgIpc) is 2.89. The molecule has 1 N–H and O–H groups in total. The Labute approximate surface area is 110 Å². The second-order valence-corrected chi connectivity index (χ2v) is 4.35. The maximum absolute atomic E-state index is 13.1. The molecule has 0 radical (unpaired) electrons. The van der Waals surface area contributed by atoms with Crippen LogP contribution >= 0.6 is 0 Å². The van der Waals surface area contributed by atoms with Gasteiger partial charge in [0.1, 0.15) is 5.76 Å². The van der Waals surface area contributed by atoms with Crippen LogP contribution in [-0.2, 0) is 6.18 Å². The maximum Gasteiger partial charge on any atom is 0.418 e. The van der Waals surface area contributed by atoms with Gasteiger partial charge in [0.05, 0.1) is 16.6 Å². The molecule has 3 rings (SSSR count). The van der Waals surface area contributed by atoms with Crippen molar-refractivity contribution in [1.82, 2.24) is 9.55 Å². The lowest BCUT2D eigenvalue weighted by Gasteiger charge is -2.09. The molecule has 0 bridgehead atoms. The third-order valence-electron chi connectivity index (χ3n) is 2.96. The molecule has 0 fully saturated rings. The Morgan fingerprint density at radius 1 is 1.20 bits per heavy atom. The fourth-order valence-corrected chi connectivity index (χ4v) is 2.14. The van der Waals surface area contributed by atoms with E-state index in [2.05, 4.69) is 4.98 Å². The Morgan fingerprint density at radius 2 is 1.95 bits per heavy atom. The van der Waals surface area contributed by atoms with E-state index in [-0.39, 0.29) is 16.9 Å². The van der Waals surface area contributed by atoms with E-state index in [0.717, 1.165) is 10.6 Å². The molecule has 0 saturated carbocycles. The summed E-state index contributed by atoms with van der Waals surface area (Å²) in [5.41, 5.74) is -1.69. The van der Waals surface area contributed by atoms with E-state index < -0.39 is 17.4 Å². The van der Waals surface area contributed by atoms with Crippen LogP contribution in [0.1, 0.15) is 11.3 Å². The van der Waals surface area contributed by atoms with E-state index in [9.17, 15) is 18.0 Å². The monoisotopic (exact) mass is 282 g/mol. The summed E-state index contributed by atoms with van der Waals surface area (Å²) in [5, 5.41) is 0. The Bertz CT molecular complexity index is 839. The number of fused-ring (bicyclic) bond motifs is 1. The first kappa shape index (κ1) is 12.6. The lowest BCUT2D eigenvalue weighted by Crippen LogP contribution is -2.16. The number of hydrogen-bond donors (Lipinski definition) is 1. The predicted molar refractivity (Wildman–Crippen MR) is 65.9 cm³/mol. The van der Waals surface area contributed by atoms with Gasteiger partial charge in [-0.25, -0.2) is 9.36 Å². The number of benzene rings is 1. The highest BCUT2D eigenvalue weighted by molar-refractivity contribution is 5.81. The first-order valence-electron chi connectivity index (χ1n) is 5.75. The van der Waals surface area contributed by atoms with Crippen molar-refractivity contribution in [3.8, 4) is 5.88 Å².